The van der Waals surface area contributed by atoms with Gasteiger partial charge in [0.2, 0.25) is 0 Å². The first-order valence-electron chi connectivity index (χ1n) is 5.64. The number of rotatable bonds is 1. The van der Waals surface area contributed by atoms with E-state index in [4.69, 9.17) is 4.74 Å². The van der Waals surface area contributed by atoms with Crippen molar-refractivity contribution >= 4 is 16.5 Å². The van der Waals surface area contributed by atoms with Gasteiger partial charge in [0.1, 0.15) is 5.76 Å². The molecule has 1 aliphatic carbocycles. The topological polar surface area (TPSA) is 9.23 Å². The van der Waals surface area contributed by atoms with Crippen LogP contribution in [0.4, 0.5) is 0 Å². The van der Waals surface area contributed by atoms with Gasteiger partial charge in [0.25, 0.3) is 0 Å². The number of methoxy groups -OCH3 is 1. The average Bonchev–Trinajstić information content (AvgIpc) is 2.35. The van der Waals surface area contributed by atoms with Crippen LogP contribution in [0.15, 0.2) is 42.5 Å². The molecule has 0 spiro atoms. The summed E-state index contributed by atoms with van der Waals surface area (Å²) >= 11 is 0. The highest BCUT2D eigenvalue weighted by atomic mass is 16.5. The first-order valence-corrected chi connectivity index (χ1v) is 5.64. The van der Waals surface area contributed by atoms with Gasteiger partial charge in [-0.1, -0.05) is 30.3 Å². The van der Waals surface area contributed by atoms with E-state index in [1.165, 1.54) is 21.9 Å². The van der Waals surface area contributed by atoms with E-state index in [9.17, 15) is 0 Å². The second-order valence-corrected chi connectivity index (χ2v) is 4.17. The molecule has 0 unspecified atom stereocenters. The Labute approximate surface area is 95.4 Å². The highest BCUT2D eigenvalue weighted by molar-refractivity contribution is 5.87. The van der Waals surface area contributed by atoms with Gasteiger partial charge in [-0.3, -0.25) is 0 Å². The maximum Gasteiger partial charge on any atom is 0.122 e. The van der Waals surface area contributed by atoms with Crippen molar-refractivity contribution in [1.29, 1.82) is 0 Å². The molecule has 80 valence electrons. The molecule has 0 fully saturated rings. The molecule has 16 heavy (non-hydrogen) atoms. The summed E-state index contributed by atoms with van der Waals surface area (Å²) < 4.78 is 5.43. The van der Waals surface area contributed by atoms with Crippen LogP contribution in [-0.4, -0.2) is 7.11 Å². The molecule has 0 saturated carbocycles. The van der Waals surface area contributed by atoms with Gasteiger partial charge < -0.3 is 4.74 Å². The number of fused-ring (bicyclic) bond motifs is 2. The molecule has 2 aromatic rings. The number of benzene rings is 2. The Bertz CT molecular complexity index is 567. The summed E-state index contributed by atoms with van der Waals surface area (Å²) in [5, 5.41) is 2.60. The molecule has 0 bridgehead atoms. The van der Waals surface area contributed by atoms with Crippen molar-refractivity contribution in [3.8, 4) is 0 Å². The summed E-state index contributed by atoms with van der Waals surface area (Å²) in [5.74, 6) is 1.02. The zero-order chi connectivity index (χ0) is 11.0. The van der Waals surface area contributed by atoms with Crippen molar-refractivity contribution in [2.75, 3.05) is 7.11 Å². The van der Waals surface area contributed by atoms with Crippen molar-refractivity contribution < 1.29 is 4.74 Å². The molecule has 3 rings (SSSR count). The molecule has 0 N–H and O–H groups in total. The summed E-state index contributed by atoms with van der Waals surface area (Å²) in [6.45, 7) is 0. The van der Waals surface area contributed by atoms with Crippen LogP contribution in [0.5, 0.6) is 0 Å². The largest absolute Gasteiger partial charge is 0.496 e. The van der Waals surface area contributed by atoms with Crippen molar-refractivity contribution in [3.05, 3.63) is 53.6 Å². The number of ether oxygens (including phenoxy) is 1. The lowest BCUT2D eigenvalue weighted by Gasteiger charge is -2.17. The third-order valence-corrected chi connectivity index (χ3v) is 3.20. The normalized spacial score (nSPS) is 14.4. The molecular formula is C15H14O. The third-order valence-electron chi connectivity index (χ3n) is 3.20. The number of hydrogen-bond donors (Lipinski definition) is 0. The van der Waals surface area contributed by atoms with E-state index in [-0.39, 0.29) is 0 Å². The van der Waals surface area contributed by atoms with E-state index in [0.717, 1.165) is 18.6 Å². The highest BCUT2D eigenvalue weighted by Gasteiger charge is 2.13. The summed E-state index contributed by atoms with van der Waals surface area (Å²) in [5.41, 5.74) is 2.66. The first kappa shape index (κ1) is 9.46. The van der Waals surface area contributed by atoms with Crippen LogP contribution in [0.3, 0.4) is 0 Å². The molecule has 0 amide bonds. The van der Waals surface area contributed by atoms with Gasteiger partial charge in [0.15, 0.2) is 0 Å². The van der Waals surface area contributed by atoms with Crippen LogP contribution in [-0.2, 0) is 11.2 Å². The lowest BCUT2D eigenvalue weighted by molar-refractivity contribution is 0.366. The van der Waals surface area contributed by atoms with Crippen LogP contribution in [0.1, 0.15) is 17.5 Å². The van der Waals surface area contributed by atoms with Gasteiger partial charge in [0.05, 0.1) is 7.11 Å². The van der Waals surface area contributed by atoms with Crippen LogP contribution < -0.4 is 0 Å². The van der Waals surface area contributed by atoms with Crippen molar-refractivity contribution in [3.63, 3.8) is 0 Å². The Morgan fingerprint density at radius 2 is 1.81 bits per heavy atom. The van der Waals surface area contributed by atoms with Crippen molar-refractivity contribution in [2.24, 2.45) is 0 Å². The molecule has 0 radical (unpaired) electrons. The lowest BCUT2D eigenvalue weighted by Crippen LogP contribution is -2.01. The maximum absolute atomic E-state index is 5.43. The molecule has 1 nitrogen and oxygen atoms in total. The van der Waals surface area contributed by atoms with Gasteiger partial charge in [-0.05, 0) is 41.3 Å². The van der Waals surface area contributed by atoms with Crippen LogP contribution in [0.25, 0.3) is 16.5 Å². The average molecular weight is 210 g/mol. The standard InChI is InChI=1S/C15H14O/c1-16-15-8-4-7-13-9-11-5-2-3-6-12(11)10-14(13)15/h2-3,5-6,8-10H,4,7H2,1H3. The molecule has 0 aromatic heterocycles. The number of allylic oxidation sites excluding steroid dienone is 1. The fraction of sp³-hybridized carbons (Fsp3) is 0.200. The van der Waals surface area contributed by atoms with E-state index in [1.54, 1.807) is 7.11 Å². The minimum Gasteiger partial charge on any atom is -0.496 e. The second kappa shape index (κ2) is 3.67. The van der Waals surface area contributed by atoms with Crippen LogP contribution in [0.2, 0.25) is 0 Å². The van der Waals surface area contributed by atoms with Gasteiger partial charge in [-0.2, -0.15) is 0 Å². The summed E-state index contributed by atoms with van der Waals surface area (Å²) in [6, 6.07) is 13.0. The predicted octanol–water partition coefficient (Wildman–Crippen LogP) is 3.77. The van der Waals surface area contributed by atoms with Crippen molar-refractivity contribution in [2.45, 2.75) is 12.8 Å². The molecule has 1 aliphatic rings. The highest BCUT2D eigenvalue weighted by Crippen LogP contribution is 2.30. The molecule has 0 heterocycles. The molecule has 0 atom stereocenters. The fourth-order valence-electron chi connectivity index (χ4n) is 2.39. The zero-order valence-corrected chi connectivity index (χ0v) is 9.36. The minimum absolute atomic E-state index is 1.02. The Morgan fingerprint density at radius 1 is 1.06 bits per heavy atom. The molecule has 1 heteroatoms. The van der Waals surface area contributed by atoms with Crippen LogP contribution in [0, 0.1) is 0 Å². The SMILES string of the molecule is COC1=CCCc2cc3ccccc3cc21. The zero-order valence-electron chi connectivity index (χ0n) is 9.36. The predicted molar refractivity (Wildman–Crippen MR) is 67.3 cm³/mol. The van der Waals surface area contributed by atoms with Gasteiger partial charge in [0, 0.05) is 5.56 Å². The quantitative estimate of drug-likeness (QED) is 0.696. The number of aryl methyl sites for hydroxylation is 1. The monoisotopic (exact) mass is 210 g/mol. The van der Waals surface area contributed by atoms with Gasteiger partial charge >= 0.3 is 0 Å². The Morgan fingerprint density at radius 3 is 2.56 bits per heavy atom. The molecule has 0 aliphatic heterocycles. The molecule has 0 saturated heterocycles. The number of hydrogen-bond acceptors (Lipinski definition) is 1. The van der Waals surface area contributed by atoms with E-state index in [1.807, 2.05) is 0 Å². The van der Waals surface area contributed by atoms with Gasteiger partial charge in [-0.25, -0.2) is 0 Å². The Hall–Kier alpha value is -1.76. The van der Waals surface area contributed by atoms with E-state index < -0.39 is 0 Å². The molecule has 2 aromatic carbocycles. The van der Waals surface area contributed by atoms with E-state index >= 15 is 0 Å². The Balaban J connectivity index is 2.27. The summed E-state index contributed by atoms with van der Waals surface area (Å²) in [6.07, 6.45) is 4.37. The first-order chi connectivity index (χ1) is 7.88. The van der Waals surface area contributed by atoms with Crippen molar-refractivity contribution in [1.82, 2.24) is 0 Å². The molecular weight excluding hydrogens is 196 g/mol. The Kier molecular flexibility index (Phi) is 2.17. The summed E-state index contributed by atoms with van der Waals surface area (Å²) in [4.78, 5) is 0. The lowest BCUT2D eigenvalue weighted by atomic mass is 9.92. The maximum atomic E-state index is 5.43. The van der Waals surface area contributed by atoms with Gasteiger partial charge in [-0.15, -0.1) is 0 Å². The summed E-state index contributed by atoms with van der Waals surface area (Å²) in [7, 11) is 1.75. The van der Waals surface area contributed by atoms with E-state index in [2.05, 4.69) is 42.5 Å². The smallest absolute Gasteiger partial charge is 0.122 e. The van der Waals surface area contributed by atoms with Crippen LogP contribution >= 0.6 is 0 Å². The fourth-order valence-corrected chi connectivity index (χ4v) is 2.39. The third kappa shape index (κ3) is 1.40. The van der Waals surface area contributed by atoms with E-state index in [0.29, 0.717) is 0 Å². The minimum atomic E-state index is 1.02. The second-order valence-electron chi connectivity index (χ2n) is 4.17.